The first-order valence-electron chi connectivity index (χ1n) is 8.61. The second kappa shape index (κ2) is 9.10. The molecule has 0 saturated carbocycles. The van der Waals surface area contributed by atoms with E-state index in [2.05, 4.69) is 21.7 Å². The van der Waals surface area contributed by atoms with Gasteiger partial charge in [-0.3, -0.25) is 4.79 Å². The van der Waals surface area contributed by atoms with E-state index in [1.807, 2.05) is 0 Å². The van der Waals surface area contributed by atoms with Gasteiger partial charge in [-0.15, -0.1) is 0 Å². The van der Waals surface area contributed by atoms with Crippen LogP contribution in [-0.4, -0.2) is 37.2 Å². The molecule has 1 aliphatic rings. The summed E-state index contributed by atoms with van der Waals surface area (Å²) in [6, 6.07) is 8.96. The number of hydrogen-bond acceptors (Lipinski definition) is 6. The summed E-state index contributed by atoms with van der Waals surface area (Å²) in [5, 5.41) is 15.3. The number of pyridine rings is 1. The van der Waals surface area contributed by atoms with Crippen LogP contribution in [0.1, 0.15) is 17.5 Å². The maximum atomic E-state index is 12.2. The van der Waals surface area contributed by atoms with Crippen LogP contribution >= 0.6 is 11.6 Å². The van der Waals surface area contributed by atoms with Crippen molar-refractivity contribution in [2.45, 2.75) is 12.8 Å². The van der Waals surface area contributed by atoms with Crippen LogP contribution in [0.3, 0.4) is 0 Å². The molecule has 0 fully saturated rings. The predicted octanol–water partition coefficient (Wildman–Crippen LogP) is 2.54. The third kappa shape index (κ3) is 5.02. The Bertz CT molecular complexity index is 867. The van der Waals surface area contributed by atoms with Gasteiger partial charge in [0.2, 0.25) is 5.91 Å². The van der Waals surface area contributed by atoms with E-state index in [1.54, 1.807) is 30.5 Å². The summed E-state index contributed by atoms with van der Waals surface area (Å²) < 4.78 is 11.2. The zero-order valence-corrected chi connectivity index (χ0v) is 15.4. The number of ether oxygens (including phenoxy) is 2. The van der Waals surface area contributed by atoms with Crippen LogP contribution in [0.5, 0.6) is 11.5 Å². The number of halogens is 1. The minimum Gasteiger partial charge on any atom is -0.489 e. The average Bonchev–Trinajstić information content (AvgIpc) is 2.91. The van der Waals surface area contributed by atoms with Gasteiger partial charge in [0.05, 0.1) is 30.2 Å². The molecule has 0 radical (unpaired) electrons. The first-order chi connectivity index (χ1) is 13.2. The van der Waals surface area contributed by atoms with Crippen LogP contribution in [-0.2, 0) is 11.2 Å². The molecule has 0 spiro atoms. The number of carbonyl (C=O) groups excluding carboxylic acids is 1. The minimum atomic E-state index is -0.135. The Morgan fingerprint density at radius 1 is 1.30 bits per heavy atom. The molecule has 1 aromatic heterocycles. The molecule has 0 aliphatic carbocycles. The second-order valence-electron chi connectivity index (χ2n) is 5.92. The van der Waals surface area contributed by atoms with Crippen LogP contribution in [0.15, 0.2) is 30.5 Å². The third-order valence-electron chi connectivity index (χ3n) is 3.89. The predicted molar refractivity (Wildman–Crippen MR) is 101 cm³/mol. The zero-order valence-electron chi connectivity index (χ0n) is 14.6. The summed E-state index contributed by atoms with van der Waals surface area (Å²) in [6.07, 6.45) is 2.58. The fourth-order valence-corrected chi connectivity index (χ4v) is 2.94. The number of nitriles is 1. The fourth-order valence-electron chi connectivity index (χ4n) is 2.65. The molecule has 3 rings (SSSR count). The highest BCUT2D eigenvalue weighted by molar-refractivity contribution is 6.32. The van der Waals surface area contributed by atoms with Gasteiger partial charge in [-0.05, 0) is 29.8 Å². The Hall–Kier alpha value is -2.98. The van der Waals surface area contributed by atoms with Crippen LogP contribution in [0.4, 0.5) is 5.82 Å². The van der Waals surface area contributed by atoms with E-state index < -0.39 is 0 Å². The van der Waals surface area contributed by atoms with Crippen molar-refractivity contribution in [3.05, 3.63) is 46.6 Å². The minimum absolute atomic E-state index is 0.135. The lowest BCUT2D eigenvalue weighted by atomic mass is 10.1. The second-order valence-corrected chi connectivity index (χ2v) is 6.33. The Labute approximate surface area is 162 Å². The van der Waals surface area contributed by atoms with Crippen molar-refractivity contribution in [2.75, 3.05) is 31.6 Å². The molecule has 0 bridgehead atoms. The molecular formula is C19H19ClN4O3. The van der Waals surface area contributed by atoms with Crippen LogP contribution in [0.2, 0.25) is 5.02 Å². The number of hydrogen-bond donors (Lipinski definition) is 2. The van der Waals surface area contributed by atoms with Gasteiger partial charge in [-0.1, -0.05) is 11.6 Å². The third-order valence-corrected chi connectivity index (χ3v) is 4.18. The summed E-state index contributed by atoms with van der Waals surface area (Å²) in [4.78, 5) is 16.3. The van der Waals surface area contributed by atoms with E-state index in [-0.39, 0.29) is 12.3 Å². The van der Waals surface area contributed by atoms with E-state index >= 15 is 0 Å². The number of rotatable bonds is 6. The van der Waals surface area contributed by atoms with Crippen LogP contribution in [0.25, 0.3) is 0 Å². The molecule has 8 heteroatoms. The first-order valence-corrected chi connectivity index (χ1v) is 8.99. The van der Waals surface area contributed by atoms with Gasteiger partial charge in [0.1, 0.15) is 11.9 Å². The van der Waals surface area contributed by atoms with Crippen LogP contribution in [0, 0.1) is 11.3 Å². The molecular weight excluding hydrogens is 368 g/mol. The molecule has 140 valence electrons. The van der Waals surface area contributed by atoms with E-state index in [9.17, 15) is 4.79 Å². The molecule has 2 heterocycles. The van der Waals surface area contributed by atoms with E-state index in [0.717, 1.165) is 12.0 Å². The number of fused-ring (bicyclic) bond motifs is 1. The number of benzene rings is 1. The molecule has 1 aliphatic heterocycles. The van der Waals surface area contributed by atoms with E-state index in [0.29, 0.717) is 54.2 Å². The number of amides is 1. The molecule has 2 aromatic rings. The summed E-state index contributed by atoms with van der Waals surface area (Å²) in [7, 11) is 0. The van der Waals surface area contributed by atoms with Gasteiger partial charge in [0.15, 0.2) is 11.5 Å². The summed E-state index contributed by atoms with van der Waals surface area (Å²) in [6.45, 7) is 1.98. The Morgan fingerprint density at radius 3 is 3.00 bits per heavy atom. The molecule has 1 amide bonds. The lowest BCUT2D eigenvalue weighted by molar-refractivity contribution is -0.120. The molecule has 0 unspecified atom stereocenters. The van der Waals surface area contributed by atoms with Crippen LogP contribution < -0.4 is 20.1 Å². The summed E-state index contributed by atoms with van der Waals surface area (Å²) >= 11 is 6.25. The maximum Gasteiger partial charge on any atom is 0.224 e. The average molecular weight is 387 g/mol. The zero-order chi connectivity index (χ0) is 19.1. The highest BCUT2D eigenvalue weighted by Crippen LogP contribution is 2.38. The molecule has 27 heavy (non-hydrogen) atoms. The maximum absolute atomic E-state index is 12.2. The molecule has 7 nitrogen and oxygen atoms in total. The number of anilines is 1. The van der Waals surface area contributed by atoms with Crippen molar-refractivity contribution in [3.8, 4) is 17.6 Å². The fraction of sp³-hybridized carbons (Fsp3) is 0.316. The molecule has 0 saturated heterocycles. The number of aromatic nitrogens is 1. The summed E-state index contributed by atoms with van der Waals surface area (Å²) in [5.41, 5.74) is 1.22. The van der Waals surface area contributed by atoms with Crippen molar-refractivity contribution in [1.29, 1.82) is 5.26 Å². The summed E-state index contributed by atoms with van der Waals surface area (Å²) in [5.74, 6) is 1.47. The Kier molecular flexibility index (Phi) is 6.34. The Balaban J connectivity index is 1.50. The molecule has 1 aromatic carbocycles. The normalized spacial score (nSPS) is 12.6. The van der Waals surface area contributed by atoms with Gasteiger partial charge >= 0.3 is 0 Å². The number of nitrogens with one attached hydrogen (secondary N) is 2. The molecule has 0 atom stereocenters. The van der Waals surface area contributed by atoms with Gasteiger partial charge in [-0.25, -0.2) is 4.98 Å². The Morgan fingerprint density at radius 2 is 2.15 bits per heavy atom. The highest BCUT2D eigenvalue weighted by atomic mass is 35.5. The smallest absolute Gasteiger partial charge is 0.224 e. The van der Waals surface area contributed by atoms with Gasteiger partial charge < -0.3 is 20.1 Å². The SMILES string of the molecule is N#Cc1cccnc1NCCNC(=O)Cc1cc(Cl)c2c(c1)OCCCO2. The van der Waals surface area contributed by atoms with E-state index in [1.165, 1.54) is 0 Å². The lowest BCUT2D eigenvalue weighted by Gasteiger charge is -2.12. The quantitative estimate of drug-likeness (QED) is 0.740. The number of nitrogens with zero attached hydrogens (tertiary/aromatic N) is 2. The van der Waals surface area contributed by atoms with Crippen molar-refractivity contribution >= 4 is 23.3 Å². The monoisotopic (exact) mass is 386 g/mol. The van der Waals surface area contributed by atoms with Gasteiger partial charge in [0.25, 0.3) is 0 Å². The highest BCUT2D eigenvalue weighted by Gasteiger charge is 2.16. The standard InChI is InChI=1S/C19H19ClN4O3/c20-15-9-13(10-16-18(15)27-8-2-7-26-16)11-17(25)22-5-6-24-19-14(12-21)3-1-4-23-19/h1,3-4,9-10H,2,5-8,11H2,(H,22,25)(H,23,24). The lowest BCUT2D eigenvalue weighted by Crippen LogP contribution is -2.30. The van der Waals surface area contributed by atoms with Crippen molar-refractivity contribution in [1.82, 2.24) is 10.3 Å². The van der Waals surface area contributed by atoms with Gasteiger partial charge in [-0.2, -0.15) is 5.26 Å². The first kappa shape index (κ1) is 18.8. The largest absolute Gasteiger partial charge is 0.489 e. The van der Waals surface area contributed by atoms with E-state index in [4.69, 9.17) is 26.3 Å². The topological polar surface area (TPSA) is 96.3 Å². The van der Waals surface area contributed by atoms with Crippen molar-refractivity contribution in [3.63, 3.8) is 0 Å². The van der Waals surface area contributed by atoms with Gasteiger partial charge in [0, 0.05) is 25.7 Å². The van der Waals surface area contributed by atoms with Crippen molar-refractivity contribution in [2.24, 2.45) is 0 Å². The number of carbonyl (C=O) groups is 1. The molecule has 2 N–H and O–H groups in total. The van der Waals surface area contributed by atoms with Crippen molar-refractivity contribution < 1.29 is 14.3 Å².